The number of aliphatic hydroxyl groups is 1. The fourth-order valence-electron chi connectivity index (χ4n) is 1.67. The number of hydrogen-bond donors (Lipinski definition) is 2. The molecule has 6 heteroatoms. The van der Waals surface area contributed by atoms with Gasteiger partial charge in [-0.15, -0.1) is 0 Å². The zero-order chi connectivity index (χ0) is 15.2. The first-order valence-electron chi connectivity index (χ1n) is 5.98. The number of amides is 1. The molecule has 0 aliphatic rings. The molecule has 0 aliphatic heterocycles. The van der Waals surface area contributed by atoms with Crippen molar-refractivity contribution in [1.29, 1.82) is 0 Å². The number of anilines is 1. The van der Waals surface area contributed by atoms with E-state index >= 15 is 0 Å². The van der Waals surface area contributed by atoms with Crippen LogP contribution in [0.2, 0.25) is 5.22 Å². The van der Waals surface area contributed by atoms with Crippen molar-refractivity contribution in [2.24, 2.45) is 0 Å². The van der Waals surface area contributed by atoms with Crippen molar-refractivity contribution >= 4 is 23.2 Å². The molecule has 1 heterocycles. The van der Waals surface area contributed by atoms with Crippen molar-refractivity contribution < 1.29 is 19.1 Å². The number of nitrogens with one attached hydrogen (secondary N) is 1. The minimum absolute atomic E-state index is 0.0164. The largest absolute Gasteiger partial charge is 0.495 e. The van der Waals surface area contributed by atoms with E-state index in [2.05, 4.69) is 17.2 Å². The minimum Gasteiger partial charge on any atom is -0.495 e. The number of carbonyl (C=O) groups is 1. The molecule has 0 aliphatic carbocycles. The first-order chi connectivity index (χ1) is 10.2. The van der Waals surface area contributed by atoms with Gasteiger partial charge < -0.3 is 19.6 Å². The topological polar surface area (TPSA) is 71.7 Å². The van der Waals surface area contributed by atoms with Gasteiger partial charge in [0.15, 0.2) is 0 Å². The van der Waals surface area contributed by atoms with Crippen LogP contribution in [-0.4, -0.2) is 24.7 Å². The molecule has 0 saturated carbocycles. The van der Waals surface area contributed by atoms with Crippen molar-refractivity contribution in [3.05, 3.63) is 46.9 Å². The van der Waals surface area contributed by atoms with E-state index < -0.39 is 5.91 Å². The summed E-state index contributed by atoms with van der Waals surface area (Å²) in [4.78, 5) is 12.1. The average Bonchev–Trinajstić information content (AvgIpc) is 2.91. The molecule has 108 valence electrons. The number of rotatable bonds is 3. The van der Waals surface area contributed by atoms with Gasteiger partial charge in [0.05, 0.1) is 24.6 Å². The zero-order valence-corrected chi connectivity index (χ0v) is 11.9. The van der Waals surface area contributed by atoms with Crippen LogP contribution in [0.4, 0.5) is 5.69 Å². The van der Waals surface area contributed by atoms with Gasteiger partial charge in [-0.1, -0.05) is 11.8 Å². The summed E-state index contributed by atoms with van der Waals surface area (Å²) in [7, 11) is 1.49. The first-order valence-corrected chi connectivity index (χ1v) is 6.35. The maximum Gasteiger partial charge on any atom is 0.260 e. The zero-order valence-electron chi connectivity index (χ0n) is 11.1. The quantitative estimate of drug-likeness (QED) is 0.855. The smallest absolute Gasteiger partial charge is 0.260 e. The summed E-state index contributed by atoms with van der Waals surface area (Å²) in [6, 6.07) is 6.52. The van der Waals surface area contributed by atoms with Crippen LogP contribution >= 0.6 is 11.6 Å². The SMILES string of the molecule is COc1ccc(C#CCO)cc1NC(=O)c1ccoc1Cl. The predicted molar refractivity (Wildman–Crippen MR) is 78.6 cm³/mol. The van der Waals surface area contributed by atoms with Crippen molar-refractivity contribution in [2.45, 2.75) is 0 Å². The van der Waals surface area contributed by atoms with E-state index in [1.165, 1.54) is 19.4 Å². The van der Waals surface area contributed by atoms with E-state index in [9.17, 15) is 4.79 Å². The monoisotopic (exact) mass is 305 g/mol. The van der Waals surface area contributed by atoms with E-state index in [0.717, 1.165) is 0 Å². The van der Waals surface area contributed by atoms with Gasteiger partial charge >= 0.3 is 0 Å². The molecular formula is C15H12ClNO4. The molecule has 0 radical (unpaired) electrons. The Morgan fingerprint density at radius 3 is 2.90 bits per heavy atom. The fourth-order valence-corrected chi connectivity index (χ4v) is 1.87. The van der Waals surface area contributed by atoms with E-state index in [-0.39, 0.29) is 17.4 Å². The predicted octanol–water partition coefficient (Wildman–Crippen LogP) is 2.54. The number of benzene rings is 1. The van der Waals surface area contributed by atoms with Gasteiger partial charge in [-0.25, -0.2) is 0 Å². The molecule has 0 saturated heterocycles. The second-order valence-electron chi connectivity index (χ2n) is 3.94. The Morgan fingerprint density at radius 2 is 2.29 bits per heavy atom. The molecule has 0 fully saturated rings. The number of hydrogen-bond acceptors (Lipinski definition) is 4. The van der Waals surface area contributed by atoms with Gasteiger partial charge in [0.1, 0.15) is 12.4 Å². The maximum absolute atomic E-state index is 12.1. The van der Waals surface area contributed by atoms with Crippen LogP contribution in [0.25, 0.3) is 0 Å². The lowest BCUT2D eigenvalue weighted by Gasteiger charge is -2.10. The van der Waals surface area contributed by atoms with E-state index in [4.69, 9.17) is 25.9 Å². The van der Waals surface area contributed by atoms with E-state index in [1.54, 1.807) is 18.2 Å². The molecule has 0 bridgehead atoms. The van der Waals surface area contributed by atoms with Crippen LogP contribution in [0, 0.1) is 11.8 Å². The van der Waals surface area contributed by atoms with Gasteiger partial charge in [0.25, 0.3) is 5.91 Å². The van der Waals surface area contributed by atoms with Crippen LogP contribution < -0.4 is 10.1 Å². The average molecular weight is 306 g/mol. The minimum atomic E-state index is -0.417. The summed E-state index contributed by atoms with van der Waals surface area (Å²) in [6.45, 7) is -0.238. The van der Waals surface area contributed by atoms with Crippen LogP contribution in [-0.2, 0) is 0 Å². The number of halogens is 1. The Kier molecular flexibility index (Phi) is 4.88. The second kappa shape index (κ2) is 6.84. The standard InChI is InChI=1S/C15H12ClNO4/c1-20-13-5-4-10(3-2-7-18)9-12(13)17-15(19)11-6-8-21-14(11)16/h4-6,8-9,18H,7H2,1H3,(H,17,19). The third-order valence-corrected chi connectivity index (χ3v) is 2.91. The molecule has 0 spiro atoms. The highest BCUT2D eigenvalue weighted by molar-refractivity contribution is 6.32. The van der Waals surface area contributed by atoms with Crippen molar-refractivity contribution in [1.82, 2.24) is 0 Å². The van der Waals surface area contributed by atoms with E-state index in [0.29, 0.717) is 17.0 Å². The first kappa shape index (κ1) is 15.0. The van der Waals surface area contributed by atoms with Crippen molar-refractivity contribution in [3.8, 4) is 17.6 Å². The highest BCUT2D eigenvalue weighted by Crippen LogP contribution is 2.27. The second-order valence-corrected chi connectivity index (χ2v) is 4.28. The van der Waals surface area contributed by atoms with Gasteiger partial charge in [-0.05, 0) is 35.9 Å². The number of ether oxygens (including phenoxy) is 1. The Bertz CT molecular complexity index is 712. The fraction of sp³-hybridized carbons (Fsp3) is 0.133. The van der Waals surface area contributed by atoms with Gasteiger partial charge in [0.2, 0.25) is 5.22 Å². The molecule has 1 amide bonds. The summed E-state index contributed by atoms with van der Waals surface area (Å²) < 4.78 is 10.1. The Morgan fingerprint density at radius 1 is 1.48 bits per heavy atom. The molecular weight excluding hydrogens is 294 g/mol. The van der Waals surface area contributed by atoms with Crippen molar-refractivity contribution in [2.75, 3.05) is 19.0 Å². The highest BCUT2D eigenvalue weighted by Gasteiger charge is 2.15. The number of furan rings is 1. The summed E-state index contributed by atoms with van der Waals surface area (Å²) >= 11 is 5.77. The lowest BCUT2D eigenvalue weighted by atomic mass is 10.1. The van der Waals surface area contributed by atoms with Crippen LogP contribution in [0.5, 0.6) is 5.75 Å². The lowest BCUT2D eigenvalue weighted by molar-refractivity contribution is 0.102. The molecule has 0 atom stereocenters. The Labute approximate surface area is 126 Å². The summed E-state index contributed by atoms with van der Waals surface area (Å²) in [5.41, 5.74) is 1.31. The molecule has 2 N–H and O–H groups in total. The van der Waals surface area contributed by atoms with Gasteiger partial charge in [-0.3, -0.25) is 4.79 Å². The summed E-state index contributed by atoms with van der Waals surface area (Å²) in [5, 5.41) is 11.4. The molecule has 1 aromatic heterocycles. The maximum atomic E-state index is 12.1. The highest BCUT2D eigenvalue weighted by atomic mass is 35.5. The Hall–Kier alpha value is -2.42. The number of methoxy groups -OCH3 is 1. The van der Waals surface area contributed by atoms with Crippen LogP contribution in [0.1, 0.15) is 15.9 Å². The Balaban J connectivity index is 2.29. The molecule has 1 aromatic carbocycles. The summed E-state index contributed by atoms with van der Waals surface area (Å²) in [6.07, 6.45) is 1.33. The van der Waals surface area contributed by atoms with E-state index in [1.807, 2.05) is 0 Å². The summed E-state index contributed by atoms with van der Waals surface area (Å²) in [5.74, 6) is 5.36. The molecule has 0 unspecified atom stereocenters. The van der Waals surface area contributed by atoms with Crippen molar-refractivity contribution in [3.63, 3.8) is 0 Å². The number of aliphatic hydroxyl groups excluding tert-OH is 1. The van der Waals surface area contributed by atoms with Gasteiger partial charge in [0, 0.05) is 5.56 Å². The molecule has 21 heavy (non-hydrogen) atoms. The third-order valence-electron chi connectivity index (χ3n) is 2.62. The van der Waals surface area contributed by atoms with Crippen LogP contribution in [0.3, 0.4) is 0 Å². The molecule has 2 rings (SSSR count). The molecule has 2 aromatic rings. The van der Waals surface area contributed by atoms with Gasteiger partial charge in [-0.2, -0.15) is 0 Å². The van der Waals surface area contributed by atoms with Crippen LogP contribution in [0.15, 0.2) is 34.9 Å². The lowest BCUT2D eigenvalue weighted by Crippen LogP contribution is -2.12. The number of carbonyl (C=O) groups excluding carboxylic acids is 1. The third kappa shape index (κ3) is 3.57. The molecule has 5 nitrogen and oxygen atoms in total. The normalized spacial score (nSPS) is 9.67.